The molecule has 1 heterocycles. The molecule has 0 spiro atoms. The molecule has 0 aliphatic heterocycles. The van der Waals surface area contributed by atoms with Crippen molar-refractivity contribution < 1.29 is 5.11 Å². The van der Waals surface area contributed by atoms with Crippen molar-refractivity contribution in [1.29, 1.82) is 0 Å². The minimum Gasteiger partial charge on any atom is -0.508 e. The molecule has 15 heavy (non-hydrogen) atoms. The lowest BCUT2D eigenvalue weighted by atomic mass is 10.2. The molecule has 1 N–H and O–H groups in total. The average molecular weight is 202 g/mol. The van der Waals surface area contributed by atoms with Crippen LogP contribution in [0.5, 0.6) is 5.75 Å². The van der Waals surface area contributed by atoms with Gasteiger partial charge in [0.05, 0.1) is 11.2 Å². The third kappa shape index (κ3) is 2.25. The van der Waals surface area contributed by atoms with Crippen LogP contribution in [0.3, 0.4) is 0 Å². The normalized spacial score (nSPS) is 11.1. The molecule has 0 radical (unpaired) electrons. The lowest BCUT2D eigenvalue weighted by molar-refractivity contribution is 0.397. The van der Waals surface area contributed by atoms with E-state index in [9.17, 15) is 5.11 Å². The predicted octanol–water partition coefficient (Wildman–Crippen LogP) is 2.00. The Balaban J connectivity index is 2.45. The smallest absolute Gasteiger partial charge is 0.117 e. The van der Waals surface area contributed by atoms with Crippen LogP contribution in [0.4, 0.5) is 0 Å². The Kier molecular flexibility index (Phi) is 2.56. The van der Waals surface area contributed by atoms with Gasteiger partial charge in [0.25, 0.3) is 0 Å². The topological polar surface area (TPSA) is 36.4 Å². The Morgan fingerprint density at radius 1 is 1.20 bits per heavy atom. The maximum atomic E-state index is 9.35. The molecule has 0 saturated carbocycles. The fraction of sp³-hybridized carbons (Fsp3) is 0.250. The standard InChI is InChI=1S/C12H14N2O/c1-14(2)8-10-5-3-9-4-6-11(15)7-12(9)13-10/h3-7,15H,8H2,1-2H3. The number of nitrogens with zero attached hydrogens (tertiary/aromatic N) is 2. The monoisotopic (exact) mass is 202 g/mol. The highest BCUT2D eigenvalue weighted by atomic mass is 16.3. The van der Waals surface area contributed by atoms with E-state index in [0.29, 0.717) is 0 Å². The van der Waals surface area contributed by atoms with E-state index in [1.54, 1.807) is 12.1 Å². The summed E-state index contributed by atoms with van der Waals surface area (Å²) in [7, 11) is 4.02. The summed E-state index contributed by atoms with van der Waals surface area (Å²) in [6, 6.07) is 9.28. The summed E-state index contributed by atoms with van der Waals surface area (Å²) < 4.78 is 0. The van der Waals surface area contributed by atoms with E-state index in [-0.39, 0.29) is 5.75 Å². The second-order valence-electron chi connectivity index (χ2n) is 3.92. The fourth-order valence-corrected chi connectivity index (χ4v) is 1.56. The maximum absolute atomic E-state index is 9.35. The molecule has 0 unspecified atom stereocenters. The van der Waals surface area contributed by atoms with Gasteiger partial charge in [0.2, 0.25) is 0 Å². The van der Waals surface area contributed by atoms with Crippen LogP contribution in [0, 0.1) is 0 Å². The molecule has 2 rings (SSSR count). The Labute approximate surface area is 89.0 Å². The number of fused-ring (bicyclic) bond motifs is 1. The minimum atomic E-state index is 0.261. The van der Waals surface area contributed by atoms with E-state index in [0.717, 1.165) is 23.1 Å². The minimum absolute atomic E-state index is 0.261. The van der Waals surface area contributed by atoms with E-state index < -0.39 is 0 Å². The molecule has 0 aliphatic carbocycles. The maximum Gasteiger partial charge on any atom is 0.117 e. The lowest BCUT2D eigenvalue weighted by Gasteiger charge is -2.09. The van der Waals surface area contributed by atoms with Crippen molar-refractivity contribution in [1.82, 2.24) is 9.88 Å². The number of pyridine rings is 1. The van der Waals surface area contributed by atoms with Crippen LogP contribution in [-0.2, 0) is 6.54 Å². The van der Waals surface area contributed by atoms with Crippen molar-refractivity contribution in [2.45, 2.75) is 6.54 Å². The third-order valence-corrected chi connectivity index (χ3v) is 2.21. The highest BCUT2D eigenvalue weighted by Gasteiger charge is 2.00. The highest BCUT2D eigenvalue weighted by molar-refractivity contribution is 5.79. The first kappa shape index (κ1) is 9.93. The largest absolute Gasteiger partial charge is 0.508 e. The second-order valence-corrected chi connectivity index (χ2v) is 3.92. The molecule has 78 valence electrons. The molecule has 0 fully saturated rings. The van der Waals surface area contributed by atoms with E-state index in [2.05, 4.69) is 9.88 Å². The lowest BCUT2D eigenvalue weighted by Crippen LogP contribution is -2.11. The van der Waals surface area contributed by atoms with Crippen molar-refractivity contribution in [3.8, 4) is 5.75 Å². The summed E-state index contributed by atoms with van der Waals surface area (Å²) in [6.45, 7) is 0.811. The van der Waals surface area contributed by atoms with Crippen LogP contribution in [-0.4, -0.2) is 29.1 Å². The molecular weight excluding hydrogens is 188 g/mol. The summed E-state index contributed by atoms with van der Waals surface area (Å²) in [4.78, 5) is 6.54. The summed E-state index contributed by atoms with van der Waals surface area (Å²) >= 11 is 0. The molecular formula is C12H14N2O. The van der Waals surface area contributed by atoms with Gasteiger partial charge in [0.15, 0.2) is 0 Å². The van der Waals surface area contributed by atoms with Gasteiger partial charge in [0.1, 0.15) is 5.75 Å². The number of aromatic nitrogens is 1. The quantitative estimate of drug-likeness (QED) is 0.809. The third-order valence-electron chi connectivity index (χ3n) is 2.21. The van der Waals surface area contributed by atoms with Gasteiger partial charge in [-0.25, -0.2) is 0 Å². The van der Waals surface area contributed by atoms with Gasteiger partial charge in [-0.15, -0.1) is 0 Å². The zero-order chi connectivity index (χ0) is 10.8. The van der Waals surface area contributed by atoms with Crippen LogP contribution in [0.2, 0.25) is 0 Å². The summed E-state index contributed by atoms with van der Waals surface area (Å²) in [6.07, 6.45) is 0. The first-order valence-corrected chi connectivity index (χ1v) is 4.88. The van der Waals surface area contributed by atoms with Crippen LogP contribution < -0.4 is 0 Å². The average Bonchev–Trinajstić information content (AvgIpc) is 2.16. The van der Waals surface area contributed by atoms with E-state index in [4.69, 9.17) is 0 Å². The summed E-state index contributed by atoms with van der Waals surface area (Å²) in [5.41, 5.74) is 1.85. The first-order valence-electron chi connectivity index (χ1n) is 4.88. The van der Waals surface area contributed by atoms with Crippen molar-refractivity contribution in [3.05, 3.63) is 36.0 Å². The van der Waals surface area contributed by atoms with Crippen LogP contribution in [0.25, 0.3) is 10.9 Å². The Morgan fingerprint density at radius 3 is 2.67 bits per heavy atom. The summed E-state index contributed by atoms with van der Waals surface area (Å²) in [5.74, 6) is 0.261. The molecule has 2 aromatic rings. The fourth-order valence-electron chi connectivity index (χ4n) is 1.56. The molecule has 0 bridgehead atoms. The number of phenols is 1. The second kappa shape index (κ2) is 3.87. The van der Waals surface area contributed by atoms with Crippen molar-refractivity contribution in [3.63, 3.8) is 0 Å². The number of rotatable bonds is 2. The van der Waals surface area contributed by atoms with Gasteiger partial charge < -0.3 is 10.0 Å². The van der Waals surface area contributed by atoms with E-state index in [1.807, 2.05) is 32.3 Å². The molecule has 0 atom stereocenters. The SMILES string of the molecule is CN(C)Cc1ccc2ccc(O)cc2n1. The zero-order valence-electron chi connectivity index (χ0n) is 8.94. The van der Waals surface area contributed by atoms with Gasteiger partial charge in [-0.2, -0.15) is 0 Å². The van der Waals surface area contributed by atoms with Crippen molar-refractivity contribution >= 4 is 10.9 Å². The Morgan fingerprint density at radius 2 is 1.93 bits per heavy atom. The van der Waals surface area contributed by atoms with Gasteiger partial charge in [-0.05, 0) is 32.3 Å². The number of benzene rings is 1. The number of hydrogen-bond acceptors (Lipinski definition) is 3. The predicted molar refractivity (Wildman–Crippen MR) is 60.8 cm³/mol. The summed E-state index contributed by atoms with van der Waals surface area (Å²) in [5, 5.41) is 10.4. The number of phenolic OH excluding ortho intramolecular Hbond substituents is 1. The zero-order valence-corrected chi connectivity index (χ0v) is 8.94. The highest BCUT2D eigenvalue weighted by Crippen LogP contribution is 2.18. The van der Waals surface area contributed by atoms with Gasteiger partial charge in [0, 0.05) is 18.0 Å². The van der Waals surface area contributed by atoms with E-state index >= 15 is 0 Å². The van der Waals surface area contributed by atoms with E-state index in [1.165, 1.54) is 0 Å². The Bertz CT molecular complexity index is 480. The molecule has 3 heteroatoms. The van der Waals surface area contributed by atoms with Gasteiger partial charge in [-0.3, -0.25) is 4.98 Å². The number of hydrogen-bond donors (Lipinski definition) is 1. The molecule has 3 nitrogen and oxygen atoms in total. The van der Waals surface area contributed by atoms with Crippen molar-refractivity contribution in [2.75, 3.05) is 14.1 Å². The number of aromatic hydroxyl groups is 1. The van der Waals surface area contributed by atoms with Gasteiger partial charge >= 0.3 is 0 Å². The molecule has 1 aromatic heterocycles. The van der Waals surface area contributed by atoms with Gasteiger partial charge in [-0.1, -0.05) is 6.07 Å². The molecule has 0 aliphatic rings. The van der Waals surface area contributed by atoms with Crippen LogP contribution in [0.1, 0.15) is 5.69 Å². The molecule has 1 aromatic carbocycles. The van der Waals surface area contributed by atoms with Crippen LogP contribution in [0.15, 0.2) is 30.3 Å². The Hall–Kier alpha value is -1.61. The first-order chi connectivity index (χ1) is 7.15. The molecule has 0 amide bonds. The van der Waals surface area contributed by atoms with Crippen LogP contribution >= 0.6 is 0 Å². The van der Waals surface area contributed by atoms with Crippen molar-refractivity contribution in [2.24, 2.45) is 0 Å². The molecule has 0 saturated heterocycles.